The summed E-state index contributed by atoms with van der Waals surface area (Å²) in [7, 11) is 0. The summed E-state index contributed by atoms with van der Waals surface area (Å²) in [5.41, 5.74) is 5.92. The monoisotopic (exact) mass is 131 g/mol. The van der Waals surface area contributed by atoms with E-state index in [1.54, 1.807) is 0 Å². The highest BCUT2D eigenvalue weighted by Crippen LogP contribution is 2.08. The SMILES string of the molecule is CC(C)CC(=CF)CN. The quantitative estimate of drug-likeness (QED) is 0.621. The maximum atomic E-state index is 11.8. The normalized spacial score (nSPS) is 12.8. The molecule has 0 aliphatic heterocycles. The Morgan fingerprint density at radius 2 is 2.22 bits per heavy atom. The lowest BCUT2D eigenvalue weighted by atomic mass is 10.0. The second kappa shape index (κ2) is 4.50. The molecule has 0 heterocycles. The smallest absolute Gasteiger partial charge is 0.0871 e. The molecule has 54 valence electrons. The molecule has 0 aliphatic rings. The highest BCUT2D eigenvalue weighted by molar-refractivity contribution is 4.99. The molecule has 0 atom stereocenters. The summed E-state index contributed by atoms with van der Waals surface area (Å²) in [6, 6.07) is 0. The summed E-state index contributed by atoms with van der Waals surface area (Å²) >= 11 is 0. The van der Waals surface area contributed by atoms with Crippen molar-refractivity contribution < 1.29 is 4.39 Å². The van der Waals surface area contributed by atoms with Gasteiger partial charge in [0.25, 0.3) is 0 Å². The van der Waals surface area contributed by atoms with Gasteiger partial charge in [0.2, 0.25) is 0 Å². The first-order valence-electron chi connectivity index (χ1n) is 3.19. The third-order valence-corrected chi connectivity index (χ3v) is 1.09. The van der Waals surface area contributed by atoms with Crippen molar-refractivity contribution in [3.8, 4) is 0 Å². The summed E-state index contributed by atoms with van der Waals surface area (Å²) in [4.78, 5) is 0. The number of nitrogens with two attached hydrogens (primary N) is 1. The van der Waals surface area contributed by atoms with Gasteiger partial charge in [-0.25, -0.2) is 4.39 Å². The molecule has 2 N–H and O–H groups in total. The maximum Gasteiger partial charge on any atom is 0.0871 e. The standard InChI is InChI=1S/C7H14FN/c1-6(2)3-7(4-8)5-9/h4,6H,3,5,9H2,1-2H3. The minimum absolute atomic E-state index is 0.342. The van der Waals surface area contributed by atoms with Crippen LogP contribution in [0.25, 0.3) is 0 Å². The second-order valence-electron chi connectivity index (χ2n) is 2.57. The molecule has 2 heteroatoms. The largest absolute Gasteiger partial charge is 0.327 e. The molecule has 9 heavy (non-hydrogen) atoms. The average Bonchev–Trinajstić information content (AvgIpc) is 1.82. The lowest BCUT2D eigenvalue weighted by Crippen LogP contribution is -2.04. The molecule has 0 amide bonds. The van der Waals surface area contributed by atoms with Gasteiger partial charge in [-0.2, -0.15) is 0 Å². The summed E-state index contributed by atoms with van der Waals surface area (Å²) in [6.45, 7) is 4.42. The van der Waals surface area contributed by atoms with E-state index in [2.05, 4.69) is 0 Å². The van der Waals surface area contributed by atoms with E-state index >= 15 is 0 Å². The predicted molar refractivity (Wildman–Crippen MR) is 37.7 cm³/mol. The highest BCUT2D eigenvalue weighted by Gasteiger charge is 1.97. The molecule has 1 nitrogen and oxygen atoms in total. The van der Waals surface area contributed by atoms with Gasteiger partial charge in [-0.15, -0.1) is 0 Å². The first-order chi connectivity index (χ1) is 4.20. The van der Waals surface area contributed by atoms with Crippen LogP contribution < -0.4 is 5.73 Å². The van der Waals surface area contributed by atoms with Crippen LogP contribution in [-0.4, -0.2) is 6.54 Å². The first kappa shape index (κ1) is 8.63. The molecule has 0 bridgehead atoms. The molecule has 0 saturated carbocycles. The Morgan fingerprint density at radius 1 is 1.67 bits per heavy atom. The number of rotatable bonds is 3. The minimum Gasteiger partial charge on any atom is -0.327 e. The van der Waals surface area contributed by atoms with E-state index in [9.17, 15) is 4.39 Å². The Morgan fingerprint density at radius 3 is 2.33 bits per heavy atom. The molecule has 0 spiro atoms. The number of hydrogen-bond donors (Lipinski definition) is 1. The molecular weight excluding hydrogens is 117 g/mol. The second-order valence-corrected chi connectivity index (χ2v) is 2.57. The van der Waals surface area contributed by atoms with Gasteiger partial charge in [0.05, 0.1) is 6.33 Å². The van der Waals surface area contributed by atoms with Crippen molar-refractivity contribution in [2.24, 2.45) is 11.7 Å². The summed E-state index contributed by atoms with van der Waals surface area (Å²) in [6.07, 6.45) is 1.38. The van der Waals surface area contributed by atoms with Crippen molar-refractivity contribution in [1.82, 2.24) is 0 Å². The molecular formula is C7H14FN. The van der Waals surface area contributed by atoms with Crippen LogP contribution in [0.2, 0.25) is 0 Å². The molecule has 0 aromatic heterocycles. The molecule has 0 aromatic rings. The highest BCUT2D eigenvalue weighted by atomic mass is 19.1. The Balaban J connectivity index is 3.58. The van der Waals surface area contributed by atoms with E-state index in [1.807, 2.05) is 13.8 Å². The van der Waals surface area contributed by atoms with Gasteiger partial charge in [-0.3, -0.25) is 0 Å². The van der Waals surface area contributed by atoms with E-state index < -0.39 is 0 Å². The van der Waals surface area contributed by atoms with Crippen LogP contribution in [0, 0.1) is 5.92 Å². The van der Waals surface area contributed by atoms with Gasteiger partial charge in [0.1, 0.15) is 0 Å². The fourth-order valence-corrected chi connectivity index (χ4v) is 0.697. The molecule has 0 saturated heterocycles. The fraction of sp³-hybridized carbons (Fsp3) is 0.714. The van der Waals surface area contributed by atoms with Crippen LogP contribution in [0.3, 0.4) is 0 Å². The molecule has 0 aliphatic carbocycles. The number of hydrogen-bond acceptors (Lipinski definition) is 1. The topological polar surface area (TPSA) is 26.0 Å². The van der Waals surface area contributed by atoms with Gasteiger partial charge in [-0.05, 0) is 17.9 Å². The predicted octanol–water partition coefficient (Wildman–Crippen LogP) is 1.84. The zero-order chi connectivity index (χ0) is 7.28. The van der Waals surface area contributed by atoms with Gasteiger partial charge < -0.3 is 5.73 Å². The van der Waals surface area contributed by atoms with Crippen LogP contribution in [-0.2, 0) is 0 Å². The fourth-order valence-electron chi connectivity index (χ4n) is 0.697. The number of halogens is 1. The van der Waals surface area contributed by atoms with Gasteiger partial charge >= 0.3 is 0 Å². The van der Waals surface area contributed by atoms with Crippen molar-refractivity contribution in [2.75, 3.05) is 6.54 Å². The summed E-state index contributed by atoms with van der Waals surface area (Å²) in [5, 5.41) is 0. The Hall–Kier alpha value is -0.370. The summed E-state index contributed by atoms with van der Waals surface area (Å²) < 4.78 is 11.8. The zero-order valence-electron chi connectivity index (χ0n) is 6.02. The lowest BCUT2D eigenvalue weighted by Gasteiger charge is -2.04. The van der Waals surface area contributed by atoms with Crippen LogP contribution in [0.1, 0.15) is 20.3 Å². The van der Waals surface area contributed by atoms with E-state index in [1.165, 1.54) is 0 Å². The van der Waals surface area contributed by atoms with E-state index in [0.29, 0.717) is 24.4 Å². The Bertz CT molecular complexity index is 97.1. The van der Waals surface area contributed by atoms with Crippen molar-refractivity contribution in [2.45, 2.75) is 20.3 Å². The molecule has 0 unspecified atom stereocenters. The first-order valence-corrected chi connectivity index (χ1v) is 3.19. The average molecular weight is 131 g/mol. The van der Waals surface area contributed by atoms with Crippen molar-refractivity contribution in [1.29, 1.82) is 0 Å². The van der Waals surface area contributed by atoms with Crippen LogP contribution in [0.4, 0.5) is 4.39 Å². The van der Waals surface area contributed by atoms with Crippen molar-refractivity contribution >= 4 is 0 Å². The van der Waals surface area contributed by atoms with E-state index in [4.69, 9.17) is 5.73 Å². The van der Waals surface area contributed by atoms with Gasteiger partial charge in [0.15, 0.2) is 0 Å². The minimum atomic E-state index is 0.342. The van der Waals surface area contributed by atoms with E-state index in [-0.39, 0.29) is 0 Å². The zero-order valence-corrected chi connectivity index (χ0v) is 6.02. The molecule has 0 fully saturated rings. The van der Waals surface area contributed by atoms with Crippen LogP contribution in [0.15, 0.2) is 11.9 Å². The molecule has 0 radical (unpaired) electrons. The molecule has 0 rings (SSSR count). The molecule has 0 aromatic carbocycles. The third-order valence-electron chi connectivity index (χ3n) is 1.09. The maximum absolute atomic E-state index is 11.8. The van der Waals surface area contributed by atoms with Crippen LogP contribution >= 0.6 is 0 Å². The van der Waals surface area contributed by atoms with Gasteiger partial charge in [-0.1, -0.05) is 13.8 Å². The Labute approximate surface area is 55.7 Å². The van der Waals surface area contributed by atoms with Crippen molar-refractivity contribution in [3.63, 3.8) is 0 Å². The Kier molecular flexibility index (Phi) is 4.32. The lowest BCUT2D eigenvalue weighted by molar-refractivity contribution is 0.610. The van der Waals surface area contributed by atoms with E-state index in [0.717, 1.165) is 6.42 Å². The van der Waals surface area contributed by atoms with Crippen LogP contribution in [0.5, 0.6) is 0 Å². The third kappa shape index (κ3) is 4.15. The summed E-state index contributed by atoms with van der Waals surface area (Å²) in [5.74, 6) is 0.496. The van der Waals surface area contributed by atoms with Crippen molar-refractivity contribution in [3.05, 3.63) is 11.9 Å². The van der Waals surface area contributed by atoms with Gasteiger partial charge in [0, 0.05) is 6.54 Å².